The maximum Gasteiger partial charge on any atom is 0.259 e. The number of nitrogens with zero attached hydrogens (tertiary/aromatic N) is 3. The molecular weight excluding hydrogens is 432 g/mol. The Bertz CT molecular complexity index is 1280. The van der Waals surface area contributed by atoms with Gasteiger partial charge in [0, 0.05) is 30.3 Å². The number of hydrogen-bond acceptors (Lipinski definition) is 7. The van der Waals surface area contributed by atoms with Crippen molar-refractivity contribution in [3.05, 3.63) is 70.8 Å². The summed E-state index contributed by atoms with van der Waals surface area (Å²) in [5.41, 5.74) is 6.12. The van der Waals surface area contributed by atoms with Crippen LogP contribution in [0.3, 0.4) is 0 Å². The quantitative estimate of drug-likeness (QED) is 0.385. The predicted octanol–water partition coefficient (Wildman–Crippen LogP) is 3.93. The largest absolute Gasteiger partial charge is 0.504 e. The van der Waals surface area contributed by atoms with Crippen molar-refractivity contribution in [1.29, 1.82) is 5.41 Å². The first kappa shape index (κ1) is 22.0. The molecule has 1 aromatic heterocycles. The van der Waals surface area contributed by atoms with Crippen LogP contribution < -0.4 is 15.2 Å². The topological polar surface area (TPSA) is 117 Å². The lowest BCUT2D eigenvalue weighted by Gasteiger charge is -2.15. The molecule has 0 fully saturated rings. The Kier molecular flexibility index (Phi) is 5.82. The molecule has 33 heavy (non-hydrogen) atoms. The minimum absolute atomic E-state index is 0.199. The van der Waals surface area contributed by atoms with Crippen molar-refractivity contribution in [2.24, 2.45) is 10.7 Å². The summed E-state index contributed by atoms with van der Waals surface area (Å²) in [7, 11) is 1.92. The molecule has 0 unspecified atom stereocenters. The molecule has 2 aromatic carbocycles. The van der Waals surface area contributed by atoms with E-state index in [2.05, 4.69) is 9.98 Å². The van der Waals surface area contributed by atoms with Crippen molar-refractivity contribution in [2.75, 3.05) is 20.1 Å². The summed E-state index contributed by atoms with van der Waals surface area (Å²) in [4.78, 5) is 10.3. The number of likely N-dealkylation sites (N-methyl/N-ethyl adjacent to an activating group) is 1. The summed E-state index contributed by atoms with van der Waals surface area (Å²) in [5, 5.41) is 17.6. The average Bonchev–Trinajstić information content (AvgIpc) is 3.22. The number of aliphatic imine (C=N–C) groups is 1. The molecule has 10 heteroatoms. The van der Waals surface area contributed by atoms with Crippen LogP contribution in [-0.2, 0) is 0 Å². The van der Waals surface area contributed by atoms with Crippen molar-refractivity contribution in [2.45, 2.75) is 6.92 Å². The monoisotopic (exact) mass is 453 g/mol. The van der Waals surface area contributed by atoms with Gasteiger partial charge in [0.05, 0.1) is 6.54 Å². The van der Waals surface area contributed by atoms with E-state index >= 15 is 0 Å². The van der Waals surface area contributed by atoms with Gasteiger partial charge in [0.1, 0.15) is 17.4 Å². The lowest BCUT2D eigenvalue weighted by atomic mass is 10.2. The number of phenolic OH excluding ortho intramolecular Hbond substituents is 1. The number of aromatic nitrogens is 1. The van der Waals surface area contributed by atoms with E-state index in [1.807, 2.05) is 18.0 Å². The number of nitrogen functional groups attached to an aromatic ring is 1. The fourth-order valence-electron chi connectivity index (χ4n) is 3.26. The smallest absolute Gasteiger partial charge is 0.259 e. The third kappa shape index (κ3) is 4.40. The Balaban J connectivity index is 1.67. The van der Waals surface area contributed by atoms with E-state index in [1.165, 1.54) is 25.1 Å². The lowest BCUT2D eigenvalue weighted by molar-refractivity contribution is 0.358. The van der Waals surface area contributed by atoms with E-state index in [4.69, 9.17) is 20.6 Å². The molecule has 4 rings (SSSR count). The number of phenols is 1. The Morgan fingerprint density at radius 1 is 1.12 bits per heavy atom. The number of rotatable bonds is 6. The van der Waals surface area contributed by atoms with Crippen LogP contribution in [0.1, 0.15) is 16.7 Å². The molecule has 0 aliphatic carbocycles. The Morgan fingerprint density at radius 2 is 1.85 bits per heavy atom. The van der Waals surface area contributed by atoms with Crippen molar-refractivity contribution >= 4 is 11.7 Å². The number of nitrogens with one attached hydrogen (secondary N) is 1. The van der Waals surface area contributed by atoms with Crippen LogP contribution in [0, 0.1) is 24.0 Å². The van der Waals surface area contributed by atoms with Crippen LogP contribution in [0.4, 0.5) is 8.78 Å². The highest BCUT2D eigenvalue weighted by molar-refractivity contribution is 6.00. The van der Waals surface area contributed by atoms with Crippen LogP contribution >= 0.6 is 0 Å². The van der Waals surface area contributed by atoms with Crippen LogP contribution in [0.5, 0.6) is 29.0 Å². The molecule has 0 saturated carbocycles. The summed E-state index contributed by atoms with van der Waals surface area (Å²) in [5.74, 6) is -2.87. The molecule has 2 heterocycles. The number of aromatic hydroxyl groups is 1. The minimum Gasteiger partial charge on any atom is -0.504 e. The van der Waals surface area contributed by atoms with Gasteiger partial charge in [0.25, 0.3) is 11.8 Å². The standard InChI is InChI=1S/C23H21F2N5O3/c1-12-18(24)22(32-15-5-3-4-14(10-15)21-28-8-9-30(21)2)29-23(19(12)25)33-17-11-13(20(26)27)6-7-16(17)31/h3-7,10-11,31H,8-9H2,1-2H3,(H3,26,27). The van der Waals surface area contributed by atoms with Crippen LogP contribution in [-0.4, -0.2) is 46.8 Å². The number of benzene rings is 2. The molecule has 1 aliphatic heterocycles. The molecule has 1 aliphatic rings. The molecule has 0 atom stereocenters. The summed E-state index contributed by atoms with van der Waals surface area (Å²) in [6.07, 6.45) is 0. The number of halogens is 2. The highest BCUT2D eigenvalue weighted by Gasteiger charge is 2.22. The van der Waals surface area contributed by atoms with E-state index in [1.54, 1.807) is 18.2 Å². The average molecular weight is 453 g/mol. The van der Waals surface area contributed by atoms with Gasteiger partial charge in [-0.05, 0) is 37.3 Å². The van der Waals surface area contributed by atoms with Crippen LogP contribution in [0.25, 0.3) is 0 Å². The van der Waals surface area contributed by atoms with Gasteiger partial charge in [0.2, 0.25) is 0 Å². The highest BCUT2D eigenvalue weighted by Crippen LogP contribution is 2.36. The van der Waals surface area contributed by atoms with Gasteiger partial charge in [-0.2, -0.15) is 4.98 Å². The second kappa shape index (κ2) is 8.73. The second-order valence-corrected chi connectivity index (χ2v) is 7.43. The molecule has 0 radical (unpaired) electrons. The van der Waals surface area contributed by atoms with Crippen molar-refractivity contribution in [3.63, 3.8) is 0 Å². The van der Waals surface area contributed by atoms with E-state index in [-0.39, 0.29) is 34.2 Å². The summed E-state index contributed by atoms with van der Waals surface area (Å²) in [6.45, 7) is 2.70. The molecule has 3 aromatic rings. The molecule has 0 saturated heterocycles. The van der Waals surface area contributed by atoms with Gasteiger partial charge < -0.3 is 25.2 Å². The zero-order chi connectivity index (χ0) is 23.7. The number of pyridine rings is 1. The van der Waals surface area contributed by atoms with Crippen molar-refractivity contribution in [1.82, 2.24) is 9.88 Å². The molecular formula is C23H21F2N5O3. The third-order valence-corrected chi connectivity index (χ3v) is 5.08. The fourth-order valence-corrected chi connectivity index (χ4v) is 3.26. The molecule has 0 bridgehead atoms. The Labute approximate surface area is 188 Å². The number of nitrogens with two attached hydrogens (primary N) is 1. The third-order valence-electron chi connectivity index (χ3n) is 5.08. The molecule has 8 nitrogen and oxygen atoms in total. The van der Waals surface area contributed by atoms with Gasteiger partial charge in [-0.25, -0.2) is 8.78 Å². The normalized spacial score (nSPS) is 13.1. The zero-order valence-electron chi connectivity index (χ0n) is 17.9. The maximum atomic E-state index is 14.8. The van der Waals surface area contributed by atoms with Crippen molar-refractivity contribution < 1.29 is 23.4 Å². The van der Waals surface area contributed by atoms with E-state index in [9.17, 15) is 13.9 Å². The van der Waals surface area contributed by atoms with Gasteiger partial charge in [-0.1, -0.05) is 12.1 Å². The van der Waals surface area contributed by atoms with Gasteiger partial charge in [0.15, 0.2) is 23.1 Å². The minimum atomic E-state index is -1.05. The number of amidine groups is 2. The summed E-state index contributed by atoms with van der Waals surface area (Å²) >= 11 is 0. The zero-order valence-corrected chi connectivity index (χ0v) is 17.9. The summed E-state index contributed by atoms with van der Waals surface area (Å²) in [6, 6.07) is 10.8. The molecule has 4 N–H and O–H groups in total. The molecule has 170 valence electrons. The summed E-state index contributed by atoms with van der Waals surface area (Å²) < 4.78 is 40.5. The lowest BCUT2D eigenvalue weighted by Crippen LogP contribution is -2.23. The highest BCUT2D eigenvalue weighted by atomic mass is 19.1. The first-order chi connectivity index (χ1) is 15.7. The van der Waals surface area contributed by atoms with Gasteiger partial charge in [-0.3, -0.25) is 10.4 Å². The SMILES string of the molecule is Cc1c(F)c(Oc2cccc(C3=NCCN3C)c2)nc(Oc2cc(C(=N)N)ccc2O)c1F. The van der Waals surface area contributed by atoms with Gasteiger partial charge in [-0.15, -0.1) is 0 Å². The Morgan fingerprint density at radius 3 is 2.52 bits per heavy atom. The number of ether oxygens (including phenoxy) is 2. The van der Waals surface area contributed by atoms with E-state index in [0.717, 1.165) is 17.9 Å². The van der Waals surface area contributed by atoms with Crippen LogP contribution in [0.15, 0.2) is 47.5 Å². The molecule has 0 amide bonds. The first-order valence-electron chi connectivity index (χ1n) is 9.99. The maximum absolute atomic E-state index is 14.8. The fraction of sp³-hybridized carbons (Fsp3) is 0.174. The van der Waals surface area contributed by atoms with Gasteiger partial charge >= 0.3 is 0 Å². The van der Waals surface area contributed by atoms with Crippen molar-refractivity contribution in [3.8, 4) is 29.0 Å². The Hall–Kier alpha value is -4.21. The first-order valence-corrected chi connectivity index (χ1v) is 9.99. The molecule has 0 spiro atoms. The van der Waals surface area contributed by atoms with Crippen LogP contribution in [0.2, 0.25) is 0 Å². The predicted molar refractivity (Wildman–Crippen MR) is 119 cm³/mol. The van der Waals surface area contributed by atoms with E-state index < -0.39 is 23.4 Å². The second-order valence-electron chi connectivity index (χ2n) is 7.43. The van der Waals surface area contributed by atoms with E-state index in [0.29, 0.717) is 6.54 Å². The number of hydrogen-bond donors (Lipinski definition) is 3.